The Labute approximate surface area is 104 Å². The number of nitrogens with zero attached hydrogens (tertiary/aromatic N) is 2. The third kappa shape index (κ3) is 2.91. The Morgan fingerprint density at radius 2 is 2.06 bits per heavy atom. The fourth-order valence-electron chi connectivity index (χ4n) is 1.95. The van der Waals surface area contributed by atoms with E-state index >= 15 is 0 Å². The van der Waals surface area contributed by atoms with Crippen molar-refractivity contribution in [3.05, 3.63) is 0 Å². The molecule has 3 amide bonds. The summed E-state index contributed by atoms with van der Waals surface area (Å²) in [5.41, 5.74) is 0. The van der Waals surface area contributed by atoms with Crippen LogP contribution in [-0.4, -0.2) is 71.8 Å². The zero-order chi connectivity index (χ0) is 12.3. The Morgan fingerprint density at radius 3 is 2.65 bits per heavy atom. The van der Waals surface area contributed by atoms with Crippen LogP contribution in [0, 0.1) is 0 Å². The predicted octanol–water partition coefficient (Wildman–Crippen LogP) is -1.48. The SMILES string of the molecule is O=CN1CCN(C(=O)C2CSCC(=O)N2)CC1. The van der Waals surface area contributed by atoms with E-state index in [4.69, 9.17) is 0 Å². The number of carbonyl (C=O) groups excluding carboxylic acids is 3. The normalized spacial score (nSPS) is 25.4. The van der Waals surface area contributed by atoms with E-state index in [0.717, 1.165) is 6.41 Å². The quantitative estimate of drug-likeness (QED) is 0.613. The molecule has 2 rings (SSSR count). The van der Waals surface area contributed by atoms with Crippen LogP contribution in [0.1, 0.15) is 0 Å². The summed E-state index contributed by atoms with van der Waals surface area (Å²) in [5, 5.41) is 2.70. The predicted molar refractivity (Wildman–Crippen MR) is 63.5 cm³/mol. The first kappa shape index (κ1) is 12.2. The Morgan fingerprint density at radius 1 is 1.35 bits per heavy atom. The Bertz CT molecular complexity index is 329. The summed E-state index contributed by atoms with van der Waals surface area (Å²) in [6.07, 6.45) is 0.806. The van der Waals surface area contributed by atoms with Crippen molar-refractivity contribution in [3.8, 4) is 0 Å². The summed E-state index contributed by atoms with van der Waals surface area (Å²) in [5.74, 6) is 0.962. The standard InChI is InChI=1S/C10H15N3O3S/c14-7-12-1-3-13(4-2-12)10(16)8-5-17-6-9(15)11-8/h7-8H,1-6H2,(H,11,15). The average Bonchev–Trinajstić information content (AvgIpc) is 2.38. The molecule has 94 valence electrons. The van der Waals surface area contributed by atoms with E-state index < -0.39 is 6.04 Å². The van der Waals surface area contributed by atoms with E-state index in [9.17, 15) is 14.4 Å². The van der Waals surface area contributed by atoms with Gasteiger partial charge in [-0.05, 0) is 0 Å². The Hall–Kier alpha value is -1.24. The topological polar surface area (TPSA) is 69.7 Å². The van der Waals surface area contributed by atoms with Gasteiger partial charge in [0.25, 0.3) is 0 Å². The number of hydrogen-bond donors (Lipinski definition) is 1. The van der Waals surface area contributed by atoms with E-state index in [2.05, 4.69) is 5.32 Å². The van der Waals surface area contributed by atoms with Crippen molar-refractivity contribution in [3.63, 3.8) is 0 Å². The molecule has 0 aromatic carbocycles. The molecule has 6 nitrogen and oxygen atoms in total. The average molecular weight is 257 g/mol. The minimum atomic E-state index is -0.399. The molecule has 0 saturated carbocycles. The molecule has 0 aliphatic carbocycles. The molecule has 1 unspecified atom stereocenters. The maximum Gasteiger partial charge on any atom is 0.246 e. The first-order valence-corrected chi connectivity index (χ1v) is 6.71. The van der Waals surface area contributed by atoms with Gasteiger partial charge in [-0.2, -0.15) is 0 Å². The van der Waals surface area contributed by atoms with Gasteiger partial charge in [0.1, 0.15) is 6.04 Å². The molecule has 0 radical (unpaired) electrons. The monoisotopic (exact) mass is 257 g/mol. The van der Waals surface area contributed by atoms with Crippen molar-refractivity contribution in [2.24, 2.45) is 0 Å². The van der Waals surface area contributed by atoms with E-state index in [-0.39, 0.29) is 11.8 Å². The molecule has 1 atom stereocenters. The zero-order valence-corrected chi connectivity index (χ0v) is 10.2. The highest BCUT2D eigenvalue weighted by Crippen LogP contribution is 2.12. The molecule has 0 aromatic rings. The van der Waals surface area contributed by atoms with Gasteiger partial charge in [-0.1, -0.05) is 0 Å². The lowest BCUT2D eigenvalue weighted by atomic mass is 10.2. The second kappa shape index (κ2) is 5.39. The molecule has 0 aromatic heterocycles. The Balaban J connectivity index is 1.87. The van der Waals surface area contributed by atoms with Crippen molar-refractivity contribution < 1.29 is 14.4 Å². The molecule has 7 heteroatoms. The first-order valence-electron chi connectivity index (χ1n) is 5.56. The number of thioether (sulfide) groups is 1. The molecule has 17 heavy (non-hydrogen) atoms. The summed E-state index contributed by atoms with van der Waals surface area (Å²) in [4.78, 5) is 37.2. The van der Waals surface area contributed by atoms with Crippen LogP contribution in [0.3, 0.4) is 0 Å². The summed E-state index contributed by atoms with van der Waals surface area (Å²) < 4.78 is 0. The first-order chi connectivity index (χ1) is 8.20. The molecular weight excluding hydrogens is 242 g/mol. The Kier molecular flexibility index (Phi) is 3.88. The summed E-state index contributed by atoms with van der Waals surface area (Å²) in [6, 6.07) is -0.399. The van der Waals surface area contributed by atoms with Crippen molar-refractivity contribution >= 4 is 30.0 Å². The van der Waals surface area contributed by atoms with Gasteiger partial charge in [-0.3, -0.25) is 14.4 Å². The largest absolute Gasteiger partial charge is 0.343 e. The summed E-state index contributed by atoms with van der Waals surface area (Å²) in [6.45, 7) is 2.25. The number of amides is 3. The number of piperazine rings is 1. The van der Waals surface area contributed by atoms with Crippen molar-refractivity contribution in [1.29, 1.82) is 0 Å². The number of nitrogens with one attached hydrogen (secondary N) is 1. The third-order valence-corrected chi connectivity index (χ3v) is 3.96. The third-order valence-electron chi connectivity index (χ3n) is 2.93. The van der Waals surface area contributed by atoms with Gasteiger partial charge < -0.3 is 15.1 Å². The van der Waals surface area contributed by atoms with Gasteiger partial charge in [0, 0.05) is 31.9 Å². The van der Waals surface area contributed by atoms with Crippen LogP contribution in [0.15, 0.2) is 0 Å². The molecule has 1 N–H and O–H groups in total. The molecule has 2 saturated heterocycles. The highest BCUT2D eigenvalue weighted by Gasteiger charge is 2.30. The maximum absolute atomic E-state index is 12.1. The molecule has 2 fully saturated rings. The van der Waals surface area contributed by atoms with E-state index in [1.165, 1.54) is 11.8 Å². The van der Waals surface area contributed by atoms with Gasteiger partial charge in [0.15, 0.2) is 0 Å². The van der Waals surface area contributed by atoms with E-state index in [1.807, 2.05) is 0 Å². The van der Waals surface area contributed by atoms with Crippen LogP contribution >= 0.6 is 11.8 Å². The summed E-state index contributed by atoms with van der Waals surface area (Å²) >= 11 is 1.48. The molecule has 2 aliphatic rings. The smallest absolute Gasteiger partial charge is 0.246 e. The van der Waals surface area contributed by atoms with Gasteiger partial charge in [0.05, 0.1) is 5.75 Å². The lowest BCUT2D eigenvalue weighted by Crippen LogP contribution is -2.57. The van der Waals surface area contributed by atoms with Crippen LogP contribution in [0.5, 0.6) is 0 Å². The second-order valence-corrected chi connectivity index (χ2v) is 5.13. The second-order valence-electron chi connectivity index (χ2n) is 4.10. The fourth-order valence-corrected chi connectivity index (χ4v) is 2.80. The van der Waals surface area contributed by atoms with E-state index in [1.54, 1.807) is 9.80 Å². The summed E-state index contributed by atoms with van der Waals surface area (Å²) in [7, 11) is 0. The van der Waals surface area contributed by atoms with E-state index in [0.29, 0.717) is 37.7 Å². The number of carbonyl (C=O) groups is 3. The minimum absolute atomic E-state index is 0.0314. The van der Waals surface area contributed by atoms with Crippen molar-refractivity contribution in [2.75, 3.05) is 37.7 Å². The fraction of sp³-hybridized carbons (Fsp3) is 0.700. The highest BCUT2D eigenvalue weighted by atomic mass is 32.2. The maximum atomic E-state index is 12.1. The van der Waals surface area contributed by atoms with Crippen LogP contribution in [0.25, 0.3) is 0 Å². The van der Waals surface area contributed by atoms with Crippen LogP contribution in [0.4, 0.5) is 0 Å². The molecule has 0 spiro atoms. The van der Waals surface area contributed by atoms with Gasteiger partial charge in [-0.25, -0.2) is 0 Å². The van der Waals surface area contributed by atoms with Crippen molar-refractivity contribution in [1.82, 2.24) is 15.1 Å². The van der Waals surface area contributed by atoms with Gasteiger partial charge in [0.2, 0.25) is 18.2 Å². The highest BCUT2D eigenvalue weighted by molar-refractivity contribution is 8.00. The number of hydrogen-bond acceptors (Lipinski definition) is 4. The molecular formula is C10H15N3O3S. The molecule has 0 bridgehead atoms. The van der Waals surface area contributed by atoms with Crippen LogP contribution in [0.2, 0.25) is 0 Å². The van der Waals surface area contributed by atoms with Crippen LogP contribution in [-0.2, 0) is 14.4 Å². The van der Waals surface area contributed by atoms with Gasteiger partial charge >= 0.3 is 0 Å². The van der Waals surface area contributed by atoms with Crippen molar-refractivity contribution in [2.45, 2.75) is 6.04 Å². The lowest BCUT2D eigenvalue weighted by molar-refractivity contribution is -0.138. The van der Waals surface area contributed by atoms with Gasteiger partial charge in [-0.15, -0.1) is 11.8 Å². The molecule has 2 heterocycles. The number of rotatable bonds is 2. The molecule has 2 aliphatic heterocycles. The van der Waals surface area contributed by atoms with Crippen LogP contribution < -0.4 is 5.32 Å². The zero-order valence-electron chi connectivity index (χ0n) is 9.42. The minimum Gasteiger partial charge on any atom is -0.343 e. The lowest BCUT2D eigenvalue weighted by Gasteiger charge is -2.35.